The Labute approximate surface area is 400 Å². The van der Waals surface area contributed by atoms with Gasteiger partial charge in [0, 0.05) is 49.0 Å². The number of aliphatic hydroxyl groups is 3. The van der Waals surface area contributed by atoms with Crippen molar-refractivity contribution < 1.29 is 43.9 Å². The average molecular weight is 935 g/mol. The van der Waals surface area contributed by atoms with E-state index in [1.54, 1.807) is 17.8 Å². The van der Waals surface area contributed by atoms with Crippen molar-refractivity contribution in [3.8, 4) is 17.2 Å². The van der Waals surface area contributed by atoms with Crippen molar-refractivity contribution in [2.45, 2.75) is 165 Å². The summed E-state index contributed by atoms with van der Waals surface area (Å²) in [6.07, 6.45) is 21.9. The third-order valence-corrected chi connectivity index (χ3v) is 14.0. The van der Waals surface area contributed by atoms with Crippen LogP contribution in [0.4, 0.5) is 0 Å². The summed E-state index contributed by atoms with van der Waals surface area (Å²) in [4.78, 5) is 24.3. The second-order valence-electron chi connectivity index (χ2n) is 19.3. The molecule has 0 aromatic heterocycles. The number of oxime groups is 1. The summed E-state index contributed by atoms with van der Waals surface area (Å²) >= 11 is 1.68. The lowest BCUT2D eigenvalue weighted by atomic mass is 9.55. The Morgan fingerprint density at radius 3 is 2.23 bits per heavy atom. The number of benzene rings is 2. The van der Waals surface area contributed by atoms with Crippen LogP contribution in [0.2, 0.25) is 0 Å². The van der Waals surface area contributed by atoms with E-state index in [1.165, 1.54) is 38.5 Å². The van der Waals surface area contributed by atoms with Gasteiger partial charge >= 0.3 is 0 Å². The van der Waals surface area contributed by atoms with Crippen LogP contribution in [0.15, 0.2) is 76.8 Å². The maximum atomic E-state index is 15.0. The molecule has 5 rings (SSSR count). The van der Waals surface area contributed by atoms with E-state index in [0.717, 1.165) is 72.4 Å². The molecule has 6 atom stereocenters. The maximum absolute atomic E-state index is 15.0. The first-order chi connectivity index (χ1) is 32.0. The predicted molar refractivity (Wildman–Crippen MR) is 266 cm³/mol. The summed E-state index contributed by atoms with van der Waals surface area (Å²) in [6.45, 7) is 13.2. The van der Waals surface area contributed by atoms with Crippen LogP contribution >= 0.6 is 11.8 Å². The summed E-state index contributed by atoms with van der Waals surface area (Å²) in [5.74, 6) is 0.292. The van der Waals surface area contributed by atoms with Gasteiger partial charge in [-0.05, 0) is 119 Å². The zero-order valence-corrected chi connectivity index (χ0v) is 41.7. The highest BCUT2D eigenvalue weighted by Gasteiger charge is 2.65. The fraction of sp³-hybridized carbons (Fsp3) is 0.667. The molecular formula is C54H82N2O9S. The lowest BCUT2D eigenvalue weighted by Crippen LogP contribution is -2.70. The van der Waals surface area contributed by atoms with Gasteiger partial charge in [-0.15, -0.1) is 18.3 Å². The van der Waals surface area contributed by atoms with Gasteiger partial charge in [0.25, 0.3) is 0 Å². The zero-order valence-electron chi connectivity index (χ0n) is 40.9. The third kappa shape index (κ3) is 14.8. The summed E-state index contributed by atoms with van der Waals surface area (Å²) < 4.78 is 27.1. The van der Waals surface area contributed by atoms with E-state index in [-0.39, 0.29) is 69.8 Å². The van der Waals surface area contributed by atoms with Crippen LogP contribution in [0, 0.1) is 17.8 Å². The minimum atomic E-state index is -1.37. The molecule has 0 saturated heterocycles. The number of fused-ring (bicyclic) bond motifs is 2. The molecule has 6 unspecified atom stereocenters. The van der Waals surface area contributed by atoms with Crippen molar-refractivity contribution in [1.29, 1.82) is 0 Å². The number of ether oxygens (including phenoxy) is 4. The summed E-state index contributed by atoms with van der Waals surface area (Å²) in [7, 11) is 0. The fourth-order valence-corrected chi connectivity index (χ4v) is 10.6. The molecule has 0 bridgehead atoms. The minimum absolute atomic E-state index is 0.0000124. The normalized spacial score (nSPS) is 22.8. The van der Waals surface area contributed by atoms with Crippen molar-refractivity contribution in [3.63, 3.8) is 0 Å². The SMILES string of the molecule is C=CCOC12Oc3ccc(Oc4ccc(SC)cc4)cc3C3C(CCCCO)C(CCCCO)C=C(C(=NOC(C)(C)C)CC1N(CCOCCO)C(=O)CCCCCCCCCCC)C32. The standard InChI is InChI=1S/C54H82N2O9S/c1-7-9-10-11-12-13-14-15-16-23-50(60)56(30-35-61-36-33-59)49-39-47(55-65-53(3,4)5)45-37-40(21-17-19-31-57)44(22-18-20-32-58)51-46-38-42(63-41-24-27-43(66-6)28-25-41)26-29-48(46)64-54(49,52(45)51)62-34-8-2/h8,24-29,37-38,40,44,49,51-52,57-59H,2,7,9-23,30-36,39H2,1,3-6H3. The number of aliphatic hydroxyl groups excluding tert-OH is 3. The fourth-order valence-electron chi connectivity index (χ4n) is 10.2. The lowest BCUT2D eigenvalue weighted by molar-refractivity contribution is -0.258. The third-order valence-electron chi connectivity index (χ3n) is 13.3. The van der Waals surface area contributed by atoms with E-state index in [2.05, 4.69) is 44.0 Å². The van der Waals surface area contributed by atoms with Crippen LogP contribution in [0.25, 0.3) is 0 Å². The predicted octanol–water partition coefficient (Wildman–Crippen LogP) is 11.4. The van der Waals surface area contributed by atoms with Gasteiger partial charge in [-0.2, -0.15) is 0 Å². The number of thioether (sulfide) groups is 1. The highest BCUT2D eigenvalue weighted by Crippen LogP contribution is 2.62. The number of unbranched alkanes of at least 4 members (excludes halogenated alkanes) is 10. The van der Waals surface area contributed by atoms with Gasteiger partial charge in [0.15, 0.2) is 0 Å². The van der Waals surface area contributed by atoms with E-state index >= 15 is 0 Å². The first kappa shape index (κ1) is 53.6. The van der Waals surface area contributed by atoms with E-state index in [4.69, 9.17) is 28.9 Å². The molecule has 2 aromatic carbocycles. The lowest BCUT2D eigenvalue weighted by Gasteiger charge is -2.60. The van der Waals surface area contributed by atoms with Gasteiger partial charge in [-0.1, -0.05) is 88.4 Å². The van der Waals surface area contributed by atoms with Crippen LogP contribution in [0.1, 0.15) is 148 Å². The van der Waals surface area contributed by atoms with Gasteiger partial charge in [0.05, 0.1) is 38.1 Å². The molecule has 0 spiro atoms. The second-order valence-corrected chi connectivity index (χ2v) is 20.1. The largest absolute Gasteiger partial charge is 0.459 e. The quantitative estimate of drug-likeness (QED) is 0.0290. The molecule has 2 aromatic rings. The summed E-state index contributed by atoms with van der Waals surface area (Å²) in [5, 5.41) is 34.7. The molecule has 0 radical (unpaired) electrons. The molecule has 12 heteroatoms. The highest BCUT2D eigenvalue weighted by molar-refractivity contribution is 7.98. The van der Waals surface area contributed by atoms with E-state index in [0.29, 0.717) is 37.2 Å². The number of carbonyl (C=O) groups excluding carboxylic acids is 1. The van der Waals surface area contributed by atoms with Crippen molar-refractivity contribution in [2.75, 3.05) is 52.4 Å². The number of nitrogens with zero attached hydrogens (tertiary/aromatic N) is 2. The number of allylic oxidation sites excluding steroid dienone is 1. The van der Waals surface area contributed by atoms with Crippen LogP contribution in [-0.4, -0.2) is 102 Å². The number of rotatable bonds is 31. The number of hydrogen-bond donors (Lipinski definition) is 3. The van der Waals surface area contributed by atoms with Gasteiger partial charge < -0.3 is 44.0 Å². The Balaban J connectivity index is 1.67. The van der Waals surface area contributed by atoms with Crippen LogP contribution in [-0.2, 0) is 19.1 Å². The topological polar surface area (TPSA) is 140 Å². The molecule has 1 heterocycles. The molecule has 1 aliphatic heterocycles. The van der Waals surface area contributed by atoms with Gasteiger partial charge in [0.1, 0.15) is 28.9 Å². The molecule has 1 amide bonds. The summed E-state index contributed by atoms with van der Waals surface area (Å²) in [5.41, 5.74) is 2.16. The van der Waals surface area contributed by atoms with E-state index in [9.17, 15) is 20.1 Å². The molecule has 3 N–H and O–H groups in total. The van der Waals surface area contributed by atoms with Crippen molar-refractivity contribution in [2.24, 2.45) is 22.9 Å². The van der Waals surface area contributed by atoms with Crippen LogP contribution < -0.4 is 9.47 Å². The first-order valence-corrected chi connectivity index (χ1v) is 26.3. The molecule has 2 aliphatic carbocycles. The van der Waals surface area contributed by atoms with Crippen molar-refractivity contribution in [1.82, 2.24) is 4.90 Å². The first-order valence-electron chi connectivity index (χ1n) is 25.1. The van der Waals surface area contributed by atoms with E-state index in [1.807, 2.05) is 49.9 Å². The maximum Gasteiger partial charge on any atom is 0.239 e. The Morgan fingerprint density at radius 1 is 0.894 bits per heavy atom. The Morgan fingerprint density at radius 2 is 1.58 bits per heavy atom. The van der Waals surface area contributed by atoms with Crippen molar-refractivity contribution in [3.05, 3.63) is 72.3 Å². The Kier molecular flexibility index (Phi) is 22.4. The molecular weight excluding hydrogens is 853 g/mol. The van der Waals surface area contributed by atoms with Crippen LogP contribution in [0.3, 0.4) is 0 Å². The minimum Gasteiger partial charge on any atom is -0.459 e. The van der Waals surface area contributed by atoms with Gasteiger partial charge in [-0.3, -0.25) is 4.79 Å². The van der Waals surface area contributed by atoms with Gasteiger partial charge in [0.2, 0.25) is 11.7 Å². The average Bonchev–Trinajstić information content (AvgIpc) is 3.31. The molecule has 1 fully saturated rings. The molecule has 3 aliphatic rings. The molecule has 1 saturated carbocycles. The zero-order chi connectivity index (χ0) is 47.4. The monoisotopic (exact) mass is 935 g/mol. The highest BCUT2D eigenvalue weighted by atomic mass is 32.2. The number of amides is 1. The summed E-state index contributed by atoms with van der Waals surface area (Å²) in [6, 6.07) is 13.5. The van der Waals surface area contributed by atoms with Gasteiger partial charge in [-0.25, -0.2) is 0 Å². The van der Waals surface area contributed by atoms with E-state index < -0.39 is 23.3 Å². The molecule has 368 valence electrons. The molecule has 66 heavy (non-hydrogen) atoms. The Hall–Kier alpha value is -3.39. The smallest absolute Gasteiger partial charge is 0.239 e. The second kappa shape index (κ2) is 27.6. The molecule has 11 nitrogen and oxygen atoms in total. The van der Waals surface area contributed by atoms with Crippen LogP contribution in [0.5, 0.6) is 17.2 Å². The number of hydrogen-bond acceptors (Lipinski definition) is 11. The number of carbonyl (C=O) groups is 1. The van der Waals surface area contributed by atoms with Crippen molar-refractivity contribution >= 4 is 23.4 Å². The Bertz CT molecular complexity index is 1830.